The molecule has 0 spiro atoms. The minimum Gasteiger partial charge on any atom is -0.483 e. The van der Waals surface area contributed by atoms with Crippen LogP contribution < -0.4 is 15.4 Å². The lowest BCUT2D eigenvalue weighted by Crippen LogP contribution is -2.37. The van der Waals surface area contributed by atoms with Crippen LogP contribution >= 0.6 is 28.1 Å². The van der Waals surface area contributed by atoms with Crippen LogP contribution in [0.2, 0.25) is 0 Å². The van der Waals surface area contributed by atoms with Crippen molar-refractivity contribution in [3.05, 3.63) is 58.6 Å². The minimum atomic E-state index is -0.309. The fourth-order valence-electron chi connectivity index (χ4n) is 1.76. The standard InChI is InChI=1S/C16H15BrN2O2S/c1-11-9-12(17)7-8-14(11)21-10-15(20)19-16(22)18-13-5-3-2-4-6-13/h2-9H,10H2,1H3,(H2,18,19,20,22). The average molecular weight is 379 g/mol. The van der Waals surface area contributed by atoms with Crippen LogP contribution in [-0.2, 0) is 4.79 Å². The maximum Gasteiger partial charge on any atom is 0.264 e. The number of ether oxygens (including phenoxy) is 1. The molecule has 0 bridgehead atoms. The summed E-state index contributed by atoms with van der Waals surface area (Å²) in [5, 5.41) is 5.75. The monoisotopic (exact) mass is 378 g/mol. The largest absolute Gasteiger partial charge is 0.483 e. The number of anilines is 1. The maximum atomic E-state index is 11.8. The van der Waals surface area contributed by atoms with Crippen molar-refractivity contribution in [1.82, 2.24) is 5.32 Å². The molecule has 0 aliphatic rings. The molecule has 2 aromatic carbocycles. The number of para-hydroxylation sites is 1. The van der Waals surface area contributed by atoms with Gasteiger partial charge in [-0.25, -0.2) is 0 Å². The van der Waals surface area contributed by atoms with Gasteiger partial charge in [-0.15, -0.1) is 0 Å². The van der Waals surface area contributed by atoms with Gasteiger partial charge in [-0.3, -0.25) is 10.1 Å². The van der Waals surface area contributed by atoms with E-state index in [1.54, 1.807) is 0 Å². The van der Waals surface area contributed by atoms with E-state index < -0.39 is 0 Å². The van der Waals surface area contributed by atoms with E-state index in [1.807, 2.05) is 55.5 Å². The molecule has 22 heavy (non-hydrogen) atoms. The lowest BCUT2D eigenvalue weighted by atomic mass is 10.2. The summed E-state index contributed by atoms with van der Waals surface area (Å²) in [7, 11) is 0. The van der Waals surface area contributed by atoms with E-state index in [4.69, 9.17) is 17.0 Å². The van der Waals surface area contributed by atoms with Crippen LogP contribution in [0, 0.1) is 6.92 Å². The van der Waals surface area contributed by atoms with E-state index >= 15 is 0 Å². The maximum absolute atomic E-state index is 11.8. The molecular weight excluding hydrogens is 364 g/mol. The molecule has 2 rings (SSSR count). The second-order valence-electron chi connectivity index (χ2n) is 4.57. The highest BCUT2D eigenvalue weighted by Crippen LogP contribution is 2.21. The van der Waals surface area contributed by atoms with E-state index in [1.165, 1.54) is 0 Å². The van der Waals surface area contributed by atoms with Crippen LogP contribution in [0.1, 0.15) is 5.56 Å². The highest BCUT2D eigenvalue weighted by Gasteiger charge is 2.07. The molecule has 0 aromatic heterocycles. The molecule has 0 atom stereocenters. The van der Waals surface area contributed by atoms with Crippen molar-refractivity contribution in [1.29, 1.82) is 0 Å². The summed E-state index contributed by atoms with van der Waals surface area (Å²) >= 11 is 8.46. The molecular formula is C16H15BrN2O2S. The van der Waals surface area contributed by atoms with Gasteiger partial charge in [-0.05, 0) is 55.0 Å². The summed E-state index contributed by atoms with van der Waals surface area (Å²) in [6, 6.07) is 15.0. The molecule has 0 saturated carbocycles. The number of nitrogens with one attached hydrogen (secondary N) is 2. The van der Waals surface area contributed by atoms with Crippen LogP contribution in [0.5, 0.6) is 5.75 Å². The lowest BCUT2D eigenvalue weighted by molar-refractivity contribution is -0.121. The van der Waals surface area contributed by atoms with Gasteiger partial charge < -0.3 is 10.1 Å². The molecule has 4 nitrogen and oxygen atoms in total. The zero-order chi connectivity index (χ0) is 15.9. The lowest BCUT2D eigenvalue weighted by Gasteiger charge is -2.11. The summed E-state index contributed by atoms with van der Waals surface area (Å²) in [6.45, 7) is 1.82. The van der Waals surface area contributed by atoms with Gasteiger partial charge in [-0.1, -0.05) is 34.1 Å². The second-order valence-corrected chi connectivity index (χ2v) is 5.89. The van der Waals surface area contributed by atoms with E-state index in [-0.39, 0.29) is 17.6 Å². The van der Waals surface area contributed by atoms with Crippen molar-refractivity contribution in [3.8, 4) is 5.75 Å². The Kier molecular flexibility index (Phi) is 5.91. The van der Waals surface area contributed by atoms with Crippen LogP contribution in [0.4, 0.5) is 5.69 Å². The number of rotatable bonds is 4. The molecule has 2 N–H and O–H groups in total. The summed E-state index contributed by atoms with van der Waals surface area (Å²) in [6.07, 6.45) is 0. The molecule has 1 amide bonds. The number of amides is 1. The number of thiocarbonyl (C=S) groups is 1. The second kappa shape index (κ2) is 7.91. The highest BCUT2D eigenvalue weighted by atomic mass is 79.9. The molecule has 0 saturated heterocycles. The Bertz CT molecular complexity index is 677. The Labute approximate surface area is 143 Å². The quantitative estimate of drug-likeness (QED) is 0.797. The molecule has 0 aliphatic carbocycles. The van der Waals surface area contributed by atoms with Crippen LogP contribution in [0.25, 0.3) is 0 Å². The van der Waals surface area contributed by atoms with Crippen molar-refractivity contribution < 1.29 is 9.53 Å². The first-order chi connectivity index (χ1) is 10.5. The zero-order valence-electron chi connectivity index (χ0n) is 11.9. The van der Waals surface area contributed by atoms with Crippen molar-refractivity contribution in [2.45, 2.75) is 6.92 Å². The van der Waals surface area contributed by atoms with Crippen LogP contribution in [0.15, 0.2) is 53.0 Å². The summed E-state index contributed by atoms with van der Waals surface area (Å²) in [5.41, 5.74) is 1.77. The van der Waals surface area contributed by atoms with E-state index in [0.717, 1.165) is 15.7 Å². The SMILES string of the molecule is Cc1cc(Br)ccc1OCC(=O)NC(=S)Nc1ccccc1. The first-order valence-corrected chi connectivity index (χ1v) is 7.79. The predicted octanol–water partition coefficient (Wildman–Crippen LogP) is 3.65. The number of halogens is 1. The fraction of sp³-hybridized carbons (Fsp3) is 0.125. The third kappa shape index (κ3) is 5.13. The third-order valence-corrected chi connectivity index (χ3v) is 3.48. The van der Waals surface area contributed by atoms with Gasteiger partial charge in [0.05, 0.1) is 0 Å². The Morgan fingerprint density at radius 2 is 1.95 bits per heavy atom. The molecule has 0 fully saturated rings. The predicted molar refractivity (Wildman–Crippen MR) is 95.2 cm³/mol. The smallest absolute Gasteiger partial charge is 0.264 e. The summed E-state index contributed by atoms with van der Waals surface area (Å²) < 4.78 is 6.45. The number of benzene rings is 2. The van der Waals surface area contributed by atoms with Gasteiger partial charge >= 0.3 is 0 Å². The van der Waals surface area contributed by atoms with E-state index in [2.05, 4.69) is 26.6 Å². The van der Waals surface area contributed by atoms with Gasteiger partial charge in [0.15, 0.2) is 11.7 Å². The number of aryl methyl sites for hydroxylation is 1. The van der Waals surface area contributed by atoms with Crippen molar-refractivity contribution in [2.24, 2.45) is 0 Å². The first kappa shape index (κ1) is 16.5. The highest BCUT2D eigenvalue weighted by molar-refractivity contribution is 9.10. The number of hydrogen-bond donors (Lipinski definition) is 2. The molecule has 0 aliphatic heterocycles. The molecule has 0 unspecified atom stereocenters. The summed E-state index contributed by atoms with van der Waals surface area (Å²) in [4.78, 5) is 11.8. The van der Waals surface area contributed by atoms with E-state index in [9.17, 15) is 4.79 Å². The molecule has 6 heteroatoms. The molecule has 2 aromatic rings. The number of carbonyl (C=O) groups excluding carboxylic acids is 1. The number of hydrogen-bond acceptors (Lipinski definition) is 3. The minimum absolute atomic E-state index is 0.0981. The molecule has 0 radical (unpaired) electrons. The van der Waals surface area contributed by atoms with Crippen LogP contribution in [-0.4, -0.2) is 17.6 Å². The van der Waals surface area contributed by atoms with Gasteiger partial charge in [-0.2, -0.15) is 0 Å². The Hall–Kier alpha value is -1.92. The van der Waals surface area contributed by atoms with Crippen molar-refractivity contribution in [3.63, 3.8) is 0 Å². The number of carbonyl (C=O) groups is 1. The fourth-order valence-corrected chi connectivity index (χ4v) is 2.47. The first-order valence-electron chi connectivity index (χ1n) is 6.59. The Balaban J connectivity index is 1.81. The zero-order valence-corrected chi connectivity index (χ0v) is 14.3. The van der Waals surface area contributed by atoms with Gasteiger partial charge in [0.25, 0.3) is 5.91 Å². The van der Waals surface area contributed by atoms with Crippen LogP contribution in [0.3, 0.4) is 0 Å². The normalized spacial score (nSPS) is 9.91. The van der Waals surface area contributed by atoms with Gasteiger partial charge in [0, 0.05) is 10.2 Å². The van der Waals surface area contributed by atoms with Gasteiger partial charge in [0.2, 0.25) is 0 Å². The van der Waals surface area contributed by atoms with Crippen molar-refractivity contribution in [2.75, 3.05) is 11.9 Å². The van der Waals surface area contributed by atoms with E-state index in [0.29, 0.717) is 5.75 Å². The Morgan fingerprint density at radius 3 is 2.64 bits per heavy atom. The van der Waals surface area contributed by atoms with Crippen molar-refractivity contribution >= 4 is 44.9 Å². The third-order valence-electron chi connectivity index (χ3n) is 2.78. The Morgan fingerprint density at radius 1 is 1.23 bits per heavy atom. The van der Waals surface area contributed by atoms with Gasteiger partial charge in [0.1, 0.15) is 5.75 Å². The topological polar surface area (TPSA) is 50.4 Å². The summed E-state index contributed by atoms with van der Waals surface area (Å²) in [5.74, 6) is 0.357. The average Bonchev–Trinajstić information content (AvgIpc) is 2.47. The molecule has 0 heterocycles. The molecule has 114 valence electrons.